The van der Waals surface area contributed by atoms with Crippen molar-refractivity contribution in [3.63, 3.8) is 0 Å². The minimum Gasteiger partial charge on any atom is -0.466 e. The Morgan fingerprint density at radius 1 is 1.17 bits per heavy atom. The molecule has 0 N–H and O–H groups in total. The summed E-state index contributed by atoms with van der Waals surface area (Å²) in [4.78, 5) is 12.1. The van der Waals surface area contributed by atoms with Crippen molar-refractivity contribution in [2.45, 2.75) is 65.0 Å². The number of rotatable bonds is 5. The number of benzene rings is 1. The van der Waals surface area contributed by atoms with Crippen molar-refractivity contribution in [2.24, 2.45) is 0 Å². The molecule has 5 heteroatoms. The van der Waals surface area contributed by atoms with Crippen LogP contribution in [0.5, 0.6) is 0 Å². The summed E-state index contributed by atoms with van der Waals surface area (Å²) in [5.41, 5.74) is 1.34. The number of carbonyl (C=O) groups is 1. The molecule has 2 rings (SSSR count). The van der Waals surface area contributed by atoms with Crippen LogP contribution in [0.25, 0.3) is 0 Å². The molecule has 0 amide bonds. The van der Waals surface area contributed by atoms with E-state index in [0.717, 1.165) is 11.1 Å². The van der Waals surface area contributed by atoms with Crippen LogP contribution in [0, 0.1) is 6.92 Å². The summed E-state index contributed by atoms with van der Waals surface area (Å²) in [6.45, 7) is 12.3. The zero-order chi connectivity index (χ0) is 17.3. The van der Waals surface area contributed by atoms with E-state index in [1.54, 1.807) is 0 Å². The Hall–Kier alpha value is -1.33. The van der Waals surface area contributed by atoms with Gasteiger partial charge in [-0.3, -0.25) is 4.79 Å². The molecule has 0 aliphatic carbocycles. The van der Waals surface area contributed by atoms with Gasteiger partial charge in [0.05, 0.1) is 24.2 Å². The molecule has 0 bridgehead atoms. The molecule has 23 heavy (non-hydrogen) atoms. The largest absolute Gasteiger partial charge is 0.466 e. The van der Waals surface area contributed by atoms with Gasteiger partial charge in [0.15, 0.2) is 0 Å². The molecule has 1 aliphatic rings. The van der Waals surface area contributed by atoms with Gasteiger partial charge in [0.25, 0.3) is 0 Å². The first kappa shape index (κ1) is 18.0. The zero-order valence-electron chi connectivity index (χ0n) is 15.0. The monoisotopic (exact) mass is 318 g/mol. The van der Waals surface area contributed by atoms with Crippen molar-refractivity contribution < 1.29 is 18.8 Å². The van der Waals surface area contributed by atoms with Gasteiger partial charge in [0, 0.05) is 5.82 Å². The number of ether oxygens (including phenoxy) is 1. The van der Waals surface area contributed by atoms with Crippen molar-refractivity contribution in [2.75, 3.05) is 6.61 Å². The summed E-state index contributed by atoms with van der Waals surface area (Å²) in [6, 6.07) is 8.04. The topological polar surface area (TPSA) is 44.8 Å². The maximum Gasteiger partial charge on any atom is 0.466 e. The number of aryl methyl sites for hydroxylation is 1. The van der Waals surface area contributed by atoms with E-state index in [9.17, 15) is 4.79 Å². The van der Waals surface area contributed by atoms with Gasteiger partial charge in [-0.05, 0) is 52.7 Å². The van der Waals surface area contributed by atoms with E-state index in [-0.39, 0.29) is 18.2 Å². The van der Waals surface area contributed by atoms with Gasteiger partial charge in [0.2, 0.25) is 0 Å². The van der Waals surface area contributed by atoms with E-state index >= 15 is 0 Å². The SMILES string of the molecule is CCOC(=O)C[C@H](B1OC(C)(C)C(C)(C)O1)c1ccccc1C. The second-order valence-electron chi connectivity index (χ2n) is 7.10. The smallest absolute Gasteiger partial charge is 0.466 e. The Labute approximate surface area is 139 Å². The standard InChI is InChI=1S/C18H27BO4/c1-7-21-16(20)12-15(14-11-9-8-10-13(14)2)19-22-17(3,4)18(5,6)23-19/h8-11,15H,7,12H2,1-6H3/t15-/m0/s1. The lowest BCUT2D eigenvalue weighted by atomic mass is 9.65. The molecule has 0 radical (unpaired) electrons. The Bertz CT molecular complexity index is 552. The molecule has 0 aromatic heterocycles. The number of hydrogen-bond acceptors (Lipinski definition) is 4. The van der Waals surface area contributed by atoms with Crippen LogP contribution in [-0.4, -0.2) is 30.9 Å². The van der Waals surface area contributed by atoms with E-state index in [0.29, 0.717) is 6.61 Å². The van der Waals surface area contributed by atoms with Crippen LogP contribution in [-0.2, 0) is 18.8 Å². The van der Waals surface area contributed by atoms with Crippen LogP contribution < -0.4 is 0 Å². The highest BCUT2D eigenvalue weighted by molar-refractivity contribution is 6.48. The molecule has 1 aromatic rings. The first-order valence-electron chi connectivity index (χ1n) is 8.24. The lowest BCUT2D eigenvalue weighted by molar-refractivity contribution is -0.143. The van der Waals surface area contributed by atoms with Crippen LogP contribution >= 0.6 is 0 Å². The molecular formula is C18H27BO4. The summed E-state index contributed by atoms with van der Waals surface area (Å²) in [6.07, 6.45) is 0.246. The van der Waals surface area contributed by atoms with Crippen LogP contribution in [0.2, 0.25) is 0 Å². The molecule has 1 aromatic carbocycles. The lowest BCUT2D eigenvalue weighted by Crippen LogP contribution is -2.41. The summed E-state index contributed by atoms with van der Waals surface area (Å²) < 4.78 is 17.5. The number of carbonyl (C=O) groups excluding carboxylic acids is 1. The molecule has 1 fully saturated rings. The van der Waals surface area contributed by atoms with Crippen molar-refractivity contribution in [1.29, 1.82) is 0 Å². The predicted octanol–water partition coefficient (Wildman–Crippen LogP) is 3.66. The average Bonchev–Trinajstić information content (AvgIpc) is 2.66. The zero-order valence-corrected chi connectivity index (χ0v) is 15.0. The fourth-order valence-electron chi connectivity index (χ4n) is 2.81. The summed E-state index contributed by atoms with van der Waals surface area (Å²) in [5.74, 6) is -0.410. The average molecular weight is 318 g/mol. The van der Waals surface area contributed by atoms with Crippen molar-refractivity contribution in [1.82, 2.24) is 0 Å². The molecule has 1 heterocycles. The first-order valence-corrected chi connectivity index (χ1v) is 8.24. The Morgan fingerprint density at radius 2 is 1.74 bits per heavy atom. The number of hydrogen-bond donors (Lipinski definition) is 0. The molecule has 0 unspecified atom stereocenters. The van der Waals surface area contributed by atoms with E-state index < -0.39 is 18.3 Å². The van der Waals surface area contributed by atoms with Crippen LogP contribution in [0.3, 0.4) is 0 Å². The number of esters is 1. The van der Waals surface area contributed by atoms with E-state index in [2.05, 4.69) is 0 Å². The third-order valence-electron chi connectivity index (χ3n) is 4.88. The Morgan fingerprint density at radius 3 is 2.26 bits per heavy atom. The fourth-order valence-corrected chi connectivity index (χ4v) is 2.81. The second-order valence-corrected chi connectivity index (χ2v) is 7.10. The van der Waals surface area contributed by atoms with Gasteiger partial charge < -0.3 is 14.0 Å². The van der Waals surface area contributed by atoms with Gasteiger partial charge >= 0.3 is 13.1 Å². The third-order valence-corrected chi connectivity index (χ3v) is 4.88. The predicted molar refractivity (Wildman–Crippen MR) is 91.3 cm³/mol. The van der Waals surface area contributed by atoms with E-state index in [1.165, 1.54) is 0 Å². The van der Waals surface area contributed by atoms with Gasteiger partial charge in [-0.2, -0.15) is 0 Å². The third kappa shape index (κ3) is 3.78. The summed E-state index contributed by atoms with van der Waals surface area (Å²) in [7, 11) is -0.467. The highest BCUT2D eigenvalue weighted by Gasteiger charge is 2.54. The van der Waals surface area contributed by atoms with Crippen molar-refractivity contribution >= 4 is 13.1 Å². The van der Waals surface area contributed by atoms with Crippen molar-refractivity contribution in [3.05, 3.63) is 35.4 Å². The van der Waals surface area contributed by atoms with E-state index in [1.807, 2.05) is 65.8 Å². The second kappa shape index (κ2) is 6.66. The summed E-state index contributed by atoms with van der Waals surface area (Å²) in [5, 5.41) is 0. The van der Waals surface area contributed by atoms with Gasteiger partial charge in [0.1, 0.15) is 0 Å². The van der Waals surface area contributed by atoms with Crippen LogP contribution in [0.4, 0.5) is 0 Å². The molecule has 0 saturated carbocycles. The maximum atomic E-state index is 12.1. The maximum absolute atomic E-state index is 12.1. The van der Waals surface area contributed by atoms with E-state index in [4.69, 9.17) is 14.0 Å². The molecule has 1 atom stereocenters. The highest BCUT2D eigenvalue weighted by Crippen LogP contribution is 2.42. The molecule has 0 spiro atoms. The Kier molecular flexibility index (Phi) is 5.22. The molecule has 1 saturated heterocycles. The molecule has 1 aliphatic heterocycles. The van der Waals surface area contributed by atoms with Gasteiger partial charge in [-0.25, -0.2) is 0 Å². The fraction of sp³-hybridized carbons (Fsp3) is 0.611. The minimum absolute atomic E-state index is 0.184. The lowest BCUT2D eigenvalue weighted by Gasteiger charge is -2.32. The van der Waals surface area contributed by atoms with Crippen molar-refractivity contribution in [3.8, 4) is 0 Å². The first-order chi connectivity index (χ1) is 10.7. The molecule has 126 valence electrons. The highest BCUT2D eigenvalue weighted by atomic mass is 16.7. The van der Waals surface area contributed by atoms with Gasteiger partial charge in [-0.1, -0.05) is 24.3 Å². The quantitative estimate of drug-likeness (QED) is 0.614. The van der Waals surface area contributed by atoms with Crippen LogP contribution in [0.1, 0.15) is 58.0 Å². The molecule has 4 nitrogen and oxygen atoms in total. The Balaban J connectivity index is 2.32. The molecular weight excluding hydrogens is 291 g/mol. The normalized spacial score (nSPS) is 20.3. The van der Waals surface area contributed by atoms with Gasteiger partial charge in [-0.15, -0.1) is 0 Å². The minimum atomic E-state index is -0.467. The van der Waals surface area contributed by atoms with Crippen LogP contribution in [0.15, 0.2) is 24.3 Å². The summed E-state index contributed by atoms with van der Waals surface area (Å²) >= 11 is 0.